The molecule has 156 valence electrons. The highest BCUT2D eigenvalue weighted by Gasteiger charge is 2.30. The number of ether oxygens (including phenoxy) is 2. The van der Waals surface area contributed by atoms with Crippen LogP contribution < -0.4 is 14.8 Å². The quantitative estimate of drug-likeness (QED) is 0.632. The van der Waals surface area contributed by atoms with Crippen LogP contribution in [0.5, 0.6) is 11.5 Å². The van der Waals surface area contributed by atoms with Crippen molar-refractivity contribution in [2.45, 2.75) is 12.7 Å². The third-order valence-electron chi connectivity index (χ3n) is 4.11. The minimum absolute atomic E-state index is 0.0381. The average molecular weight is 417 g/mol. The minimum atomic E-state index is -4.48. The number of rotatable bonds is 7. The van der Waals surface area contributed by atoms with Crippen LogP contribution in [0, 0.1) is 0 Å². The molecule has 1 amide bonds. The maximum atomic E-state index is 12.7. The van der Waals surface area contributed by atoms with E-state index in [0.29, 0.717) is 11.4 Å². The summed E-state index contributed by atoms with van der Waals surface area (Å²) in [5.41, 5.74) is 1.27. The second-order valence-corrected chi connectivity index (χ2v) is 6.21. The van der Waals surface area contributed by atoms with Crippen molar-refractivity contribution in [1.29, 1.82) is 0 Å². The van der Waals surface area contributed by atoms with Crippen molar-refractivity contribution < 1.29 is 27.4 Å². The molecule has 0 saturated carbocycles. The fourth-order valence-electron chi connectivity index (χ4n) is 2.57. The number of nitrogens with one attached hydrogen (secondary N) is 1. The lowest BCUT2D eigenvalue weighted by molar-refractivity contribution is -0.137. The van der Waals surface area contributed by atoms with Crippen molar-refractivity contribution in [3.05, 3.63) is 72.2 Å². The van der Waals surface area contributed by atoms with Gasteiger partial charge >= 0.3 is 6.18 Å². The Balaban J connectivity index is 1.55. The van der Waals surface area contributed by atoms with E-state index in [1.54, 1.807) is 13.2 Å². The molecule has 0 aliphatic heterocycles. The molecule has 1 aromatic heterocycles. The highest BCUT2D eigenvalue weighted by atomic mass is 19.4. The summed E-state index contributed by atoms with van der Waals surface area (Å²) in [5.74, 6) is 0.196. The van der Waals surface area contributed by atoms with Gasteiger partial charge < -0.3 is 14.8 Å². The monoisotopic (exact) mass is 417 g/mol. The van der Waals surface area contributed by atoms with E-state index in [1.165, 1.54) is 18.5 Å². The number of halogens is 3. The van der Waals surface area contributed by atoms with Gasteiger partial charge in [0.15, 0.2) is 6.61 Å². The van der Waals surface area contributed by atoms with Crippen LogP contribution in [-0.2, 0) is 17.5 Å². The van der Waals surface area contributed by atoms with Gasteiger partial charge in [0.1, 0.15) is 17.8 Å². The first-order valence-electron chi connectivity index (χ1n) is 8.87. The fraction of sp³-hybridized carbons (Fsp3) is 0.190. The van der Waals surface area contributed by atoms with Gasteiger partial charge in [-0.25, -0.2) is 9.97 Å². The van der Waals surface area contributed by atoms with E-state index in [2.05, 4.69) is 15.3 Å². The van der Waals surface area contributed by atoms with Crippen LogP contribution in [-0.4, -0.2) is 29.6 Å². The van der Waals surface area contributed by atoms with Crippen LogP contribution in [0.4, 0.5) is 13.2 Å². The lowest BCUT2D eigenvalue weighted by Gasteiger charge is -2.10. The molecule has 0 bridgehead atoms. The molecule has 9 heteroatoms. The molecule has 1 heterocycles. The third-order valence-corrected chi connectivity index (χ3v) is 4.11. The predicted molar refractivity (Wildman–Crippen MR) is 103 cm³/mol. The van der Waals surface area contributed by atoms with Gasteiger partial charge in [-0.3, -0.25) is 4.79 Å². The Hall–Kier alpha value is -3.62. The molecule has 0 atom stereocenters. The Labute approximate surface area is 170 Å². The topological polar surface area (TPSA) is 73.3 Å². The number of nitrogens with zero attached hydrogens (tertiary/aromatic N) is 2. The Morgan fingerprint density at radius 3 is 2.50 bits per heavy atom. The summed E-state index contributed by atoms with van der Waals surface area (Å²) in [5, 5.41) is 2.61. The van der Waals surface area contributed by atoms with Crippen LogP contribution in [0.15, 0.2) is 60.9 Å². The molecule has 0 aliphatic rings. The van der Waals surface area contributed by atoms with E-state index >= 15 is 0 Å². The van der Waals surface area contributed by atoms with Crippen LogP contribution in [0.1, 0.15) is 11.3 Å². The van der Waals surface area contributed by atoms with E-state index in [0.717, 1.165) is 23.4 Å². The second-order valence-electron chi connectivity index (χ2n) is 6.21. The molecule has 2 aromatic carbocycles. The zero-order valence-electron chi connectivity index (χ0n) is 15.9. The molecule has 3 aromatic rings. The van der Waals surface area contributed by atoms with E-state index in [4.69, 9.17) is 9.47 Å². The van der Waals surface area contributed by atoms with Gasteiger partial charge in [0.05, 0.1) is 30.6 Å². The molecule has 3 rings (SSSR count). The number of hydrogen-bond donors (Lipinski definition) is 1. The van der Waals surface area contributed by atoms with Crippen LogP contribution >= 0.6 is 0 Å². The average Bonchev–Trinajstić information content (AvgIpc) is 2.76. The largest absolute Gasteiger partial charge is 0.497 e. The van der Waals surface area contributed by atoms with Gasteiger partial charge in [0, 0.05) is 5.56 Å². The maximum absolute atomic E-state index is 12.7. The molecule has 0 fully saturated rings. The number of amides is 1. The van der Waals surface area contributed by atoms with Gasteiger partial charge in [0.2, 0.25) is 0 Å². The van der Waals surface area contributed by atoms with Gasteiger partial charge in [-0.05, 0) is 48.5 Å². The first kappa shape index (κ1) is 21.1. The Bertz CT molecular complexity index is 1010. The summed E-state index contributed by atoms with van der Waals surface area (Å²) in [6, 6.07) is 13.4. The zero-order chi connectivity index (χ0) is 21.6. The first-order chi connectivity index (χ1) is 14.3. The van der Waals surface area contributed by atoms with Crippen molar-refractivity contribution in [3.63, 3.8) is 0 Å². The molecule has 30 heavy (non-hydrogen) atoms. The van der Waals surface area contributed by atoms with Gasteiger partial charge in [-0.15, -0.1) is 0 Å². The first-order valence-corrected chi connectivity index (χ1v) is 8.87. The third kappa shape index (κ3) is 5.69. The Morgan fingerprint density at radius 2 is 1.80 bits per heavy atom. The highest BCUT2D eigenvalue weighted by Crippen LogP contribution is 2.31. The van der Waals surface area contributed by atoms with Gasteiger partial charge in [0.25, 0.3) is 5.91 Å². The summed E-state index contributed by atoms with van der Waals surface area (Å²) in [6.07, 6.45) is -3.09. The Kier molecular flexibility index (Phi) is 6.51. The Morgan fingerprint density at radius 1 is 1.03 bits per heavy atom. The maximum Gasteiger partial charge on any atom is 0.416 e. The SMILES string of the molecule is COc1ccc(-c2cc(CNC(=O)COc3cccc(C(F)(F)F)c3)ncn2)cc1. The molecule has 6 nitrogen and oxygen atoms in total. The number of carbonyl (C=O) groups is 1. The molecular formula is C21H18F3N3O3. The second kappa shape index (κ2) is 9.25. The zero-order valence-corrected chi connectivity index (χ0v) is 15.9. The standard InChI is InChI=1S/C21H18F3N3O3/c1-29-17-7-5-14(6-8-17)19-10-16(26-13-27-19)11-25-20(28)12-30-18-4-2-3-15(9-18)21(22,23)24/h2-10,13H,11-12H2,1H3,(H,25,28). The molecule has 0 radical (unpaired) electrons. The van der Waals surface area contributed by atoms with E-state index in [1.807, 2.05) is 24.3 Å². The number of carbonyl (C=O) groups excluding carboxylic acids is 1. The summed E-state index contributed by atoms with van der Waals surface area (Å²) < 4.78 is 48.4. The number of aromatic nitrogens is 2. The number of alkyl halides is 3. The molecule has 1 N–H and O–H groups in total. The summed E-state index contributed by atoms with van der Waals surface area (Å²) >= 11 is 0. The number of benzene rings is 2. The molecule has 0 aliphatic carbocycles. The van der Waals surface area contributed by atoms with Crippen molar-refractivity contribution in [1.82, 2.24) is 15.3 Å². The van der Waals surface area contributed by atoms with Crippen LogP contribution in [0.25, 0.3) is 11.3 Å². The number of hydrogen-bond acceptors (Lipinski definition) is 5. The van der Waals surface area contributed by atoms with E-state index in [9.17, 15) is 18.0 Å². The summed E-state index contributed by atoms with van der Waals surface area (Å²) in [4.78, 5) is 20.3. The van der Waals surface area contributed by atoms with Gasteiger partial charge in [-0.1, -0.05) is 6.07 Å². The van der Waals surface area contributed by atoms with Crippen molar-refractivity contribution in [2.24, 2.45) is 0 Å². The number of methoxy groups -OCH3 is 1. The fourth-order valence-corrected chi connectivity index (χ4v) is 2.57. The molecular weight excluding hydrogens is 399 g/mol. The minimum Gasteiger partial charge on any atom is -0.497 e. The molecule has 0 spiro atoms. The van der Waals surface area contributed by atoms with Gasteiger partial charge in [-0.2, -0.15) is 13.2 Å². The summed E-state index contributed by atoms with van der Waals surface area (Å²) in [6.45, 7) is -0.297. The van der Waals surface area contributed by atoms with Crippen LogP contribution in [0.2, 0.25) is 0 Å². The van der Waals surface area contributed by atoms with Crippen LogP contribution in [0.3, 0.4) is 0 Å². The van der Waals surface area contributed by atoms with Crippen molar-refractivity contribution >= 4 is 5.91 Å². The molecule has 0 saturated heterocycles. The lowest BCUT2D eigenvalue weighted by atomic mass is 10.1. The lowest BCUT2D eigenvalue weighted by Crippen LogP contribution is -2.28. The normalized spacial score (nSPS) is 11.1. The smallest absolute Gasteiger partial charge is 0.416 e. The van der Waals surface area contributed by atoms with Crippen molar-refractivity contribution in [3.8, 4) is 22.8 Å². The van der Waals surface area contributed by atoms with E-state index < -0.39 is 24.3 Å². The predicted octanol–water partition coefficient (Wildman–Crippen LogP) is 3.87. The van der Waals surface area contributed by atoms with E-state index in [-0.39, 0.29) is 12.3 Å². The highest BCUT2D eigenvalue weighted by molar-refractivity contribution is 5.77. The summed E-state index contributed by atoms with van der Waals surface area (Å²) in [7, 11) is 1.58. The van der Waals surface area contributed by atoms with Crippen molar-refractivity contribution in [2.75, 3.05) is 13.7 Å². The molecule has 0 unspecified atom stereocenters.